The second-order valence-electron chi connectivity index (χ2n) is 6.52. The Morgan fingerprint density at radius 2 is 2.04 bits per heavy atom. The average Bonchev–Trinajstić information content (AvgIpc) is 2.99. The fourth-order valence-electron chi connectivity index (χ4n) is 3.11. The minimum Gasteiger partial charge on any atom is -0.491 e. The van der Waals surface area contributed by atoms with Gasteiger partial charge < -0.3 is 15.0 Å². The largest absolute Gasteiger partial charge is 0.491 e. The maximum absolute atomic E-state index is 12.8. The van der Waals surface area contributed by atoms with E-state index in [1.54, 1.807) is 0 Å². The highest BCUT2D eigenvalue weighted by atomic mass is 79.9. The molecule has 132 valence electrons. The number of ether oxygens (including phenoxy) is 1. The van der Waals surface area contributed by atoms with Crippen LogP contribution < -0.4 is 10.1 Å². The molecule has 25 heavy (non-hydrogen) atoms. The van der Waals surface area contributed by atoms with Gasteiger partial charge in [-0.2, -0.15) is 0 Å². The third-order valence-corrected chi connectivity index (χ3v) is 5.19. The van der Waals surface area contributed by atoms with Gasteiger partial charge in [0.2, 0.25) is 0 Å². The van der Waals surface area contributed by atoms with Crippen molar-refractivity contribution < 1.29 is 9.53 Å². The first-order chi connectivity index (χ1) is 12.1. The van der Waals surface area contributed by atoms with Gasteiger partial charge in [-0.05, 0) is 56.3 Å². The zero-order chi connectivity index (χ0) is 17.8. The Bertz CT molecular complexity index is 761. The highest BCUT2D eigenvalue weighted by molar-refractivity contribution is 9.10. The minimum absolute atomic E-state index is 0.0508. The predicted octanol–water partition coefficient (Wildman–Crippen LogP) is 3.81. The van der Waals surface area contributed by atoms with Crippen molar-refractivity contribution in [2.75, 3.05) is 27.2 Å². The summed E-state index contributed by atoms with van der Waals surface area (Å²) in [5.41, 5.74) is 3.08. The van der Waals surface area contributed by atoms with Crippen molar-refractivity contribution in [2.24, 2.45) is 0 Å². The molecule has 2 aromatic carbocycles. The number of rotatable bonds is 6. The van der Waals surface area contributed by atoms with Crippen LogP contribution in [0.1, 0.15) is 33.9 Å². The van der Waals surface area contributed by atoms with Gasteiger partial charge in [-0.15, -0.1) is 0 Å². The number of hydrogen-bond donors (Lipinski definition) is 1. The summed E-state index contributed by atoms with van der Waals surface area (Å²) in [5, 5.41) is 3.17. The van der Waals surface area contributed by atoms with Crippen molar-refractivity contribution in [3.63, 3.8) is 0 Å². The first-order valence-electron chi connectivity index (χ1n) is 8.51. The van der Waals surface area contributed by atoms with Crippen LogP contribution in [0.2, 0.25) is 0 Å². The van der Waals surface area contributed by atoms with E-state index in [0.29, 0.717) is 17.9 Å². The first-order valence-corrected chi connectivity index (χ1v) is 9.30. The fourth-order valence-corrected chi connectivity index (χ4v) is 3.69. The van der Waals surface area contributed by atoms with Gasteiger partial charge in [-0.1, -0.05) is 40.2 Å². The predicted molar refractivity (Wildman–Crippen MR) is 103 cm³/mol. The Labute approximate surface area is 157 Å². The summed E-state index contributed by atoms with van der Waals surface area (Å²) < 4.78 is 6.93. The number of para-hydroxylation sites is 1. The molecule has 0 fully saturated rings. The van der Waals surface area contributed by atoms with Gasteiger partial charge in [-0.25, -0.2) is 0 Å². The Morgan fingerprint density at radius 3 is 2.84 bits per heavy atom. The number of carbonyl (C=O) groups is 1. The molecule has 1 aliphatic carbocycles. The molecule has 5 heteroatoms. The molecular formula is C20H23BrN2O2. The number of likely N-dealkylation sites (N-methyl/N-ethyl adjacent to an activating group) is 1. The normalized spacial score (nSPS) is 15.9. The quantitative estimate of drug-likeness (QED) is 0.798. The van der Waals surface area contributed by atoms with Gasteiger partial charge in [0.1, 0.15) is 12.4 Å². The molecule has 0 bridgehead atoms. The summed E-state index contributed by atoms with van der Waals surface area (Å²) in [6.07, 6.45) is 1.90. The zero-order valence-electron chi connectivity index (χ0n) is 14.6. The molecule has 1 amide bonds. The second-order valence-corrected chi connectivity index (χ2v) is 7.37. The lowest BCUT2D eigenvalue weighted by Gasteiger charge is -2.17. The Kier molecular flexibility index (Phi) is 5.76. The van der Waals surface area contributed by atoms with E-state index in [1.165, 1.54) is 11.1 Å². The van der Waals surface area contributed by atoms with E-state index < -0.39 is 0 Å². The van der Waals surface area contributed by atoms with Gasteiger partial charge in [0, 0.05) is 11.0 Å². The number of hydrogen-bond acceptors (Lipinski definition) is 3. The van der Waals surface area contributed by atoms with E-state index in [1.807, 2.05) is 44.4 Å². The van der Waals surface area contributed by atoms with Gasteiger partial charge >= 0.3 is 0 Å². The zero-order valence-corrected chi connectivity index (χ0v) is 16.2. The molecule has 2 aromatic rings. The molecule has 1 N–H and O–H groups in total. The summed E-state index contributed by atoms with van der Waals surface area (Å²) in [5.74, 6) is 0.549. The Morgan fingerprint density at radius 1 is 1.24 bits per heavy atom. The molecule has 0 saturated heterocycles. The SMILES string of the molecule is CN(C)CCOc1ccccc1C(=O)N[C@@H]1CCc2c(Br)cccc21. The molecular weight excluding hydrogens is 380 g/mol. The van der Waals surface area contributed by atoms with Crippen LogP contribution in [-0.2, 0) is 6.42 Å². The van der Waals surface area contributed by atoms with Crippen LogP contribution in [-0.4, -0.2) is 38.1 Å². The molecule has 0 heterocycles. The topological polar surface area (TPSA) is 41.6 Å². The lowest BCUT2D eigenvalue weighted by Crippen LogP contribution is -2.28. The van der Waals surface area contributed by atoms with Crippen LogP contribution in [0.4, 0.5) is 0 Å². The molecule has 3 rings (SSSR count). The molecule has 1 aliphatic rings. The second kappa shape index (κ2) is 8.02. The van der Waals surface area contributed by atoms with E-state index >= 15 is 0 Å². The highest BCUT2D eigenvalue weighted by Gasteiger charge is 2.26. The van der Waals surface area contributed by atoms with Crippen molar-refractivity contribution in [1.82, 2.24) is 10.2 Å². The number of fused-ring (bicyclic) bond motifs is 1. The molecule has 1 atom stereocenters. The smallest absolute Gasteiger partial charge is 0.255 e. The van der Waals surface area contributed by atoms with E-state index in [9.17, 15) is 4.79 Å². The molecule has 0 aliphatic heterocycles. The van der Waals surface area contributed by atoms with Crippen LogP contribution in [0.15, 0.2) is 46.9 Å². The van der Waals surface area contributed by atoms with Gasteiger partial charge in [-0.3, -0.25) is 4.79 Å². The molecule has 0 unspecified atom stereocenters. The molecule has 0 spiro atoms. The van der Waals surface area contributed by atoms with E-state index in [0.717, 1.165) is 23.9 Å². The summed E-state index contributed by atoms with van der Waals surface area (Å²) >= 11 is 3.60. The van der Waals surface area contributed by atoms with Crippen molar-refractivity contribution in [3.8, 4) is 5.75 Å². The van der Waals surface area contributed by atoms with Gasteiger partial charge in [0.05, 0.1) is 11.6 Å². The summed E-state index contributed by atoms with van der Waals surface area (Å²) in [4.78, 5) is 14.9. The van der Waals surface area contributed by atoms with Crippen molar-refractivity contribution in [3.05, 3.63) is 63.6 Å². The van der Waals surface area contributed by atoms with Crippen LogP contribution >= 0.6 is 15.9 Å². The third kappa shape index (κ3) is 4.22. The first kappa shape index (κ1) is 18.0. The fraction of sp³-hybridized carbons (Fsp3) is 0.350. The number of nitrogens with zero attached hydrogens (tertiary/aromatic N) is 1. The molecule has 0 aromatic heterocycles. The maximum atomic E-state index is 12.8. The summed E-state index contributed by atoms with van der Waals surface area (Å²) in [7, 11) is 4.00. The number of carbonyl (C=O) groups excluding carboxylic acids is 1. The van der Waals surface area contributed by atoms with Crippen LogP contribution in [0, 0.1) is 0 Å². The van der Waals surface area contributed by atoms with Gasteiger partial charge in [0.15, 0.2) is 0 Å². The lowest BCUT2D eigenvalue weighted by molar-refractivity contribution is 0.0932. The average molecular weight is 403 g/mol. The van der Waals surface area contributed by atoms with E-state index in [4.69, 9.17) is 4.74 Å². The van der Waals surface area contributed by atoms with E-state index in [2.05, 4.69) is 38.3 Å². The molecule has 0 radical (unpaired) electrons. The summed E-state index contributed by atoms with van der Waals surface area (Å²) in [6.45, 7) is 1.36. The number of amides is 1. The van der Waals surface area contributed by atoms with Crippen LogP contribution in [0.25, 0.3) is 0 Å². The third-order valence-electron chi connectivity index (χ3n) is 4.45. The van der Waals surface area contributed by atoms with E-state index in [-0.39, 0.29) is 11.9 Å². The lowest BCUT2D eigenvalue weighted by atomic mass is 10.1. The van der Waals surface area contributed by atoms with Crippen LogP contribution in [0.5, 0.6) is 5.75 Å². The van der Waals surface area contributed by atoms with Crippen molar-refractivity contribution in [1.29, 1.82) is 0 Å². The monoisotopic (exact) mass is 402 g/mol. The number of halogens is 1. The minimum atomic E-state index is -0.0849. The Hall–Kier alpha value is -1.85. The standard InChI is InChI=1S/C20H23BrN2O2/c1-23(2)12-13-25-19-9-4-3-6-16(19)20(24)22-18-11-10-14-15(18)7-5-8-17(14)21/h3-9,18H,10-13H2,1-2H3,(H,22,24)/t18-/m1/s1. The highest BCUT2D eigenvalue weighted by Crippen LogP contribution is 2.36. The number of nitrogens with one attached hydrogen (secondary N) is 1. The van der Waals surface area contributed by atoms with Crippen molar-refractivity contribution in [2.45, 2.75) is 18.9 Å². The number of benzene rings is 2. The summed E-state index contributed by atoms with van der Waals surface area (Å²) in [6, 6.07) is 13.6. The van der Waals surface area contributed by atoms with Gasteiger partial charge in [0.25, 0.3) is 5.91 Å². The molecule has 4 nitrogen and oxygen atoms in total. The van der Waals surface area contributed by atoms with Crippen LogP contribution in [0.3, 0.4) is 0 Å². The molecule has 0 saturated carbocycles. The van der Waals surface area contributed by atoms with Crippen molar-refractivity contribution >= 4 is 21.8 Å². The maximum Gasteiger partial charge on any atom is 0.255 e. The Balaban J connectivity index is 1.72.